The number of aromatic nitrogens is 2. The van der Waals surface area contributed by atoms with Crippen molar-refractivity contribution in [1.82, 2.24) is 9.97 Å². The number of halogens is 1. The van der Waals surface area contributed by atoms with Crippen LogP contribution >= 0.6 is 0 Å². The smallest absolute Gasteiger partial charge is 0.151 e. The molecule has 0 amide bonds. The van der Waals surface area contributed by atoms with Crippen molar-refractivity contribution < 1.29 is 33.3 Å². The van der Waals surface area contributed by atoms with Gasteiger partial charge in [-0.25, -0.2) is 0 Å². The molecular formula is C50H45FIrN2O2Si-2. The number of hydrogen-bond donors (Lipinski definition) is 0. The quantitative estimate of drug-likeness (QED) is 0.123. The van der Waals surface area contributed by atoms with E-state index in [0.29, 0.717) is 16.8 Å². The van der Waals surface area contributed by atoms with Crippen molar-refractivity contribution in [3.05, 3.63) is 162 Å². The van der Waals surface area contributed by atoms with Gasteiger partial charge in [0, 0.05) is 54.7 Å². The van der Waals surface area contributed by atoms with E-state index in [1.165, 1.54) is 21.9 Å². The minimum atomic E-state index is -1.49. The molecule has 9 rings (SSSR count). The number of furan rings is 2. The Balaban J connectivity index is 0.000000184. The van der Waals surface area contributed by atoms with E-state index in [1.54, 1.807) is 25.3 Å². The zero-order valence-corrected chi connectivity index (χ0v) is 36.8. The zero-order chi connectivity index (χ0) is 39.2. The van der Waals surface area contributed by atoms with Gasteiger partial charge in [0.15, 0.2) is 5.58 Å². The third kappa shape index (κ3) is 8.29. The Labute approximate surface area is 348 Å². The van der Waals surface area contributed by atoms with Crippen molar-refractivity contribution >= 4 is 57.1 Å². The maximum Gasteiger partial charge on any atom is 0.151 e. The average Bonchev–Trinajstić information content (AvgIpc) is 3.74. The molecule has 4 heterocycles. The molecule has 57 heavy (non-hydrogen) atoms. The molecule has 0 saturated heterocycles. The largest absolute Gasteiger partial charge is 0.500 e. The fourth-order valence-corrected chi connectivity index (χ4v) is 9.11. The van der Waals surface area contributed by atoms with Gasteiger partial charge >= 0.3 is 0 Å². The van der Waals surface area contributed by atoms with E-state index in [-0.39, 0.29) is 31.3 Å². The number of aryl methyl sites for hydroxylation is 1. The van der Waals surface area contributed by atoms with Crippen LogP contribution in [0.4, 0.5) is 4.39 Å². The Morgan fingerprint density at radius 1 is 0.649 bits per heavy atom. The molecule has 0 N–H and O–H groups in total. The van der Waals surface area contributed by atoms with E-state index in [0.717, 1.165) is 68.0 Å². The Morgan fingerprint density at radius 3 is 2.09 bits per heavy atom. The standard InChI is InChI=1S/C30H18NO2.C20H27FNSi.Ir/c1-2-8-19(9-3-1)16-20-10-6-12-22-23-13-7-14-24(30(23)33-29(20)22)26-17-25-21-11-4-5-15-27(21)32-28(25)18-31-26;1-14-9-8-10-16(19(14)21)17-11-15(12-20(2,3)4)18(13-22-17)23(5,6)7;/h1-13,15,17-18H,16H2;8-9,11,13H,12H2,1-7H3;/q2*-1;. The van der Waals surface area contributed by atoms with Gasteiger partial charge in [-0.15, -0.1) is 36.4 Å². The minimum Gasteiger partial charge on any atom is -0.500 e. The Kier molecular flexibility index (Phi) is 11.2. The summed E-state index contributed by atoms with van der Waals surface area (Å²) in [5.41, 5.74) is 10.8. The molecule has 0 aliphatic rings. The zero-order valence-electron chi connectivity index (χ0n) is 33.4. The molecular weight excluding hydrogens is 900 g/mol. The van der Waals surface area contributed by atoms with Gasteiger partial charge in [0.25, 0.3) is 0 Å². The summed E-state index contributed by atoms with van der Waals surface area (Å²) in [7, 11) is -1.49. The van der Waals surface area contributed by atoms with E-state index in [2.05, 4.69) is 124 Å². The molecule has 0 atom stereocenters. The first-order valence-electron chi connectivity index (χ1n) is 19.2. The molecule has 289 valence electrons. The summed E-state index contributed by atoms with van der Waals surface area (Å²) < 4.78 is 26.9. The van der Waals surface area contributed by atoms with E-state index in [1.807, 2.05) is 36.5 Å². The predicted molar refractivity (Wildman–Crippen MR) is 232 cm³/mol. The molecule has 0 unspecified atom stereocenters. The van der Waals surface area contributed by atoms with Crippen molar-refractivity contribution in [3.8, 4) is 22.5 Å². The maximum absolute atomic E-state index is 14.4. The van der Waals surface area contributed by atoms with E-state index in [4.69, 9.17) is 13.8 Å². The van der Waals surface area contributed by atoms with Crippen LogP contribution in [0.3, 0.4) is 0 Å². The van der Waals surface area contributed by atoms with Gasteiger partial charge in [-0.2, -0.15) is 0 Å². The fourth-order valence-electron chi connectivity index (χ4n) is 7.53. The number of pyridine rings is 2. The summed E-state index contributed by atoms with van der Waals surface area (Å²) >= 11 is 0. The van der Waals surface area contributed by atoms with Crippen LogP contribution in [-0.2, 0) is 32.9 Å². The van der Waals surface area contributed by atoms with Crippen LogP contribution < -0.4 is 5.19 Å². The molecule has 5 aromatic carbocycles. The van der Waals surface area contributed by atoms with E-state index in [9.17, 15) is 4.39 Å². The maximum atomic E-state index is 14.4. The topological polar surface area (TPSA) is 52.1 Å². The molecule has 7 heteroatoms. The Hall–Kier alpha value is -5.20. The van der Waals surface area contributed by atoms with E-state index >= 15 is 0 Å². The fraction of sp³-hybridized carbons (Fsp3) is 0.200. The number of fused-ring (bicyclic) bond motifs is 6. The molecule has 4 aromatic heterocycles. The Morgan fingerprint density at radius 2 is 1.32 bits per heavy atom. The summed E-state index contributed by atoms with van der Waals surface area (Å²) in [6, 6.07) is 43.0. The second-order valence-corrected chi connectivity index (χ2v) is 21.9. The van der Waals surface area contributed by atoms with Crippen molar-refractivity contribution in [2.75, 3.05) is 0 Å². The van der Waals surface area contributed by atoms with Crippen molar-refractivity contribution in [1.29, 1.82) is 0 Å². The molecule has 9 aromatic rings. The van der Waals surface area contributed by atoms with Crippen LogP contribution in [0.2, 0.25) is 19.6 Å². The van der Waals surface area contributed by atoms with Crippen molar-refractivity contribution in [2.45, 2.75) is 60.2 Å². The predicted octanol–water partition coefficient (Wildman–Crippen LogP) is 13.1. The molecule has 0 spiro atoms. The number of hydrogen-bond acceptors (Lipinski definition) is 4. The van der Waals surface area contributed by atoms with Gasteiger partial charge in [0.2, 0.25) is 0 Å². The summed E-state index contributed by atoms with van der Waals surface area (Å²) in [6.45, 7) is 15.5. The third-order valence-electron chi connectivity index (χ3n) is 10.2. The van der Waals surface area contributed by atoms with Crippen LogP contribution in [-0.4, -0.2) is 18.0 Å². The first kappa shape index (κ1) is 40.0. The normalized spacial score (nSPS) is 11.9. The van der Waals surface area contributed by atoms with Crippen molar-refractivity contribution in [3.63, 3.8) is 0 Å². The Bertz CT molecular complexity index is 2870. The number of nitrogens with zero attached hydrogens (tertiary/aromatic N) is 2. The SMILES string of the molecule is Cc1cc[c-]c(-c2cc(CC(C)(C)C)c([Si](C)(C)C)cn2)c1F.[Ir].[c-]1ccc2c(oc3c(Cc4ccccc4)cccc32)c1-c1cc2c(cn1)oc1ccccc12. The molecule has 0 saturated carbocycles. The van der Waals surface area contributed by atoms with Crippen LogP contribution in [0.15, 0.2) is 130 Å². The first-order valence-corrected chi connectivity index (χ1v) is 22.7. The van der Waals surface area contributed by atoms with Crippen molar-refractivity contribution in [2.24, 2.45) is 5.41 Å². The molecule has 0 fully saturated rings. The molecule has 1 radical (unpaired) electrons. The van der Waals surface area contributed by atoms with Crippen LogP contribution in [0, 0.1) is 30.3 Å². The van der Waals surface area contributed by atoms with Gasteiger partial charge in [0.05, 0.1) is 19.9 Å². The van der Waals surface area contributed by atoms with Gasteiger partial charge < -0.3 is 18.8 Å². The minimum absolute atomic E-state index is 0. The number of para-hydroxylation sites is 2. The summed E-state index contributed by atoms with van der Waals surface area (Å²) in [5.74, 6) is -0.220. The number of benzene rings is 5. The number of rotatable bonds is 6. The van der Waals surface area contributed by atoms with Gasteiger partial charge in [-0.3, -0.25) is 4.39 Å². The molecule has 0 aliphatic carbocycles. The third-order valence-corrected chi connectivity index (χ3v) is 12.3. The monoisotopic (exact) mass is 945 g/mol. The summed E-state index contributed by atoms with van der Waals surface area (Å²) in [6.07, 6.45) is 5.55. The second kappa shape index (κ2) is 16.0. The van der Waals surface area contributed by atoms with Gasteiger partial charge in [-0.05, 0) is 45.6 Å². The van der Waals surface area contributed by atoms with Gasteiger partial charge in [0.1, 0.15) is 11.2 Å². The summed E-state index contributed by atoms with van der Waals surface area (Å²) in [5, 5.41) is 5.68. The average molecular weight is 945 g/mol. The molecule has 4 nitrogen and oxygen atoms in total. The van der Waals surface area contributed by atoms with Crippen LogP contribution in [0.5, 0.6) is 0 Å². The van der Waals surface area contributed by atoms with Crippen LogP contribution in [0.1, 0.15) is 43.0 Å². The molecule has 0 bridgehead atoms. The molecule has 0 aliphatic heterocycles. The summed E-state index contributed by atoms with van der Waals surface area (Å²) in [4.78, 5) is 9.27. The van der Waals surface area contributed by atoms with Crippen LogP contribution in [0.25, 0.3) is 66.4 Å². The second-order valence-electron chi connectivity index (χ2n) is 16.9. The first-order chi connectivity index (χ1) is 26.8. The van der Waals surface area contributed by atoms with Gasteiger partial charge in [-0.1, -0.05) is 154 Å². The van der Waals surface area contributed by atoms with E-state index < -0.39 is 8.07 Å².